The zero-order chi connectivity index (χ0) is 15.6. The Morgan fingerprint density at radius 1 is 1.48 bits per heavy atom. The van der Waals surface area contributed by atoms with E-state index in [9.17, 15) is 8.42 Å². The zero-order valence-corrected chi connectivity index (χ0v) is 14.1. The molecule has 0 saturated heterocycles. The molecule has 0 fully saturated rings. The predicted molar refractivity (Wildman–Crippen MR) is 87.8 cm³/mol. The first-order valence-electron chi connectivity index (χ1n) is 6.08. The van der Waals surface area contributed by atoms with Crippen LogP contribution in [-0.4, -0.2) is 29.7 Å². The molecule has 0 bridgehead atoms. The third kappa shape index (κ3) is 3.65. The number of aromatic nitrogens is 1. The molecule has 8 heteroatoms. The van der Waals surface area contributed by atoms with Crippen LogP contribution in [0.5, 0.6) is 0 Å². The van der Waals surface area contributed by atoms with Gasteiger partial charge in [0, 0.05) is 18.0 Å². The van der Waals surface area contributed by atoms with Gasteiger partial charge in [0.25, 0.3) is 0 Å². The van der Waals surface area contributed by atoms with Crippen LogP contribution < -0.4 is 5.73 Å². The summed E-state index contributed by atoms with van der Waals surface area (Å²) in [7, 11) is -2.08. The van der Waals surface area contributed by atoms with Crippen LogP contribution in [0.2, 0.25) is 0 Å². The standard InChI is InChI=1S/C13H15N3O2S3/c1-9-15-11(8-20-9)7-16(2)21(17,18)12-5-3-4-10(6-12)13(14)19/h3-6,8H,7H2,1-2H3,(H2,14,19). The quantitative estimate of drug-likeness (QED) is 0.841. The Morgan fingerprint density at radius 2 is 2.19 bits per heavy atom. The molecule has 112 valence electrons. The van der Waals surface area contributed by atoms with Gasteiger partial charge >= 0.3 is 0 Å². The second kappa shape index (κ2) is 6.18. The maximum atomic E-state index is 12.5. The van der Waals surface area contributed by atoms with E-state index in [0.29, 0.717) is 5.56 Å². The van der Waals surface area contributed by atoms with Crippen LogP contribution in [0.1, 0.15) is 16.3 Å². The monoisotopic (exact) mass is 341 g/mol. The fourth-order valence-corrected chi connectivity index (χ4v) is 3.70. The van der Waals surface area contributed by atoms with E-state index in [1.807, 2.05) is 12.3 Å². The summed E-state index contributed by atoms with van der Waals surface area (Å²) in [4.78, 5) is 4.62. The number of hydrogen-bond donors (Lipinski definition) is 1. The SMILES string of the molecule is Cc1nc(CN(C)S(=O)(=O)c2cccc(C(N)=S)c2)cs1. The number of sulfonamides is 1. The molecule has 21 heavy (non-hydrogen) atoms. The van der Waals surface area contributed by atoms with Crippen molar-refractivity contribution in [3.8, 4) is 0 Å². The van der Waals surface area contributed by atoms with Crippen molar-refractivity contribution in [1.82, 2.24) is 9.29 Å². The molecule has 0 radical (unpaired) electrons. The first-order valence-corrected chi connectivity index (χ1v) is 8.80. The molecule has 0 aliphatic rings. The normalized spacial score (nSPS) is 11.8. The van der Waals surface area contributed by atoms with Crippen LogP contribution in [0, 0.1) is 6.92 Å². The molecule has 0 amide bonds. The van der Waals surface area contributed by atoms with Crippen molar-refractivity contribution in [3.05, 3.63) is 45.9 Å². The summed E-state index contributed by atoms with van der Waals surface area (Å²) in [6.07, 6.45) is 0. The van der Waals surface area contributed by atoms with Crippen molar-refractivity contribution in [1.29, 1.82) is 0 Å². The number of rotatable bonds is 5. The summed E-state index contributed by atoms with van der Waals surface area (Å²) in [5, 5.41) is 2.76. The molecule has 0 aliphatic carbocycles. The lowest BCUT2D eigenvalue weighted by molar-refractivity contribution is 0.463. The molecule has 0 saturated carbocycles. The van der Waals surface area contributed by atoms with Crippen LogP contribution in [0.25, 0.3) is 0 Å². The lowest BCUT2D eigenvalue weighted by Crippen LogP contribution is -2.27. The molecular formula is C13H15N3O2S3. The number of nitrogens with two attached hydrogens (primary N) is 1. The molecule has 2 aromatic rings. The Morgan fingerprint density at radius 3 is 2.76 bits per heavy atom. The molecule has 2 N–H and O–H groups in total. The van der Waals surface area contributed by atoms with Crippen LogP contribution >= 0.6 is 23.6 Å². The zero-order valence-electron chi connectivity index (χ0n) is 11.6. The van der Waals surface area contributed by atoms with Crippen molar-refractivity contribution >= 4 is 38.6 Å². The average molecular weight is 341 g/mol. The Kier molecular flexibility index (Phi) is 4.72. The Balaban J connectivity index is 2.28. The molecule has 0 atom stereocenters. The van der Waals surface area contributed by atoms with Gasteiger partial charge in [-0.3, -0.25) is 0 Å². The van der Waals surface area contributed by atoms with Gasteiger partial charge in [-0.15, -0.1) is 11.3 Å². The van der Waals surface area contributed by atoms with Gasteiger partial charge in [-0.05, 0) is 19.1 Å². The maximum absolute atomic E-state index is 12.5. The third-order valence-corrected chi connectivity index (χ3v) is 5.74. The van der Waals surface area contributed by atoms with E-state index in [-0.39, 0.29) is 16.4 Å². The molecule has 0 aliphatic heterocycles. The minimum Gasteiger partial charge on any atom is -0.389 e. The number of aryl methyl sites for hydroxylation is 1. The highest BCUT2D eigenvalue weighted by atomic mass is 32.2. The molecule has 1 aromatic heterocycles. The summed E-state index contributed by atoms with van der Waals surface area (Å²) < 4.78 is 26.3. The molecule has 5 nitrogen and oxygen atoms in total. The Hall–Kier alpha value is -1.35. The lowest BCUT2D eigenvalue weighted by atomic mass is 10.2. The van der Waals surface area contributed by atoms with Gasteiger partial charge in [0.2, 0.25) is 10.0 Å². The van der Waals surface area contributed by atoms with Gasteiger partial charge in [0.15, 0.2) is 0 Å². The second-order valence-corrected chi connectivity index (χ2v) is 8.06. The highest BCUT2D eigenvalue weighted by molar-refractivity contribution is 7.89. The van der Waals surface area contributed by atoms with Crippen LogP contribution in [-0.2, 0) is 16.6 Å². The van der Waals surface area contributed by atoms with Gasteiger partial charge in [-0.1, -0.05) is 24.4 Å². The van der Waals surface area contributed by atoms with Crippen LogP contribution in [0.15, 0.2) is 34.5 Å². The number of nitrogens with zero attached hydrogens (tertiary/aromatic N) is 2. The molecule has 0 spiro atoms. The summed E-state index contributed by atoms with van der Waals surface area (Å²) >= 11 is 6.37. The third-order valence-electron chi connectivity index (χ3n) is 2.88. The van der Waals surface area contributed by atoms with E-state index < -0.39 is 10.0 Å². The summed E-state index contributed by atoms with van der Waals surface area (Å²) in [5.74, 6) is 0. The predicted octanol–water partition coefficient (Wildman–Crippen LogP) is 1.91. The van der Waals surface area contributed by atoms with Gasteiger partial charge in [0.1, 0.15) is 4.99 Å². The Labute approximate surface area is 133 Å². The van der Waals surface area contributed by atoms with E-state index >= 15 is 0 Å². The average Bonchev–Trinajstić information content (AvgIpc) is 2.84. The summed E-state index contributed by atoms with van der Waals surface area (Å²) in [6.45, 7) is 2.11. The minimum atomic E-state index is -3.60. The van der Waals surface area contributed by atoms with Gasteiger partial charge in [-0.25, -0.2) is 13.4 Å². The number of thiocarbonyl (C=S) groups is 1. The van der Waals surface area contributed by atoms with Crippen molar-refractivity contribution in [3.63, 3.8) is 0 Å². The first-order chi connectivity index (χ1) is 9.80. The number of thiazole rings is 1. The van der Waals surface area contributed by atoms with E-state index in [0.717, 1.165) is 10.7 Å². The fourth-order valence-electron chi connectivity index (χ4n) is 1.78. The van der Waals surface area contributed by atoms with Gasteiger partial charge in [0.05, 0.1) is 22.1 Å². The molecule has 1 aromatic carbocycles. The smallest absolute Gasteiger partial charge is 0.243 e. The van der Waals surface area contributed by atoms with Crippen molar-refractivity contribution in [2.24, 2.45) is 5.73 Å². The molecule has 2 rings (SSSR count). The van der Waals surface area contributed by atoms with E-state index in [4.69, 9.17) is 18.0 Å². The van der Waals surface area contributed by atoms with Gasteiger partial charge < -0.3 is 5.73 Å². The molecular weight excluding hydrogens is 326 g/mol. The van der Waals surface area contributed by atoms with Crippen LogP contribution in [0.4, 0.5) is 0 Å². The highest BCUT2D eigenvalue weighted by Gasteiger charge is 2.22. The first kappa shape index (κ1) is 16.0. The minimum absolute atomic E-state index is 0.169. The van der Waals surface area contributed by atoms with Crippen molar-refractivity contribution in [2.75, 3.05) is 7.05 Å². The van der Waals surface area contributed by atoms with Crippen LogP contribution in [0.3, 0.4) is 0 Å². The van der Waals surface area contributed by atoms with Crippen molar-refractivity contribution < 1.29 is 8.42 Å². The maximum Gasteiger partial charge on any atom is 0.243 e. The molecule has 1 heterocycles. The van der Waals surface area contributed by atoms with E-state index in [1.165, 1.54) is 34.8 Å². The number of hydrogen-bond acceptors (Lipinski definition) is 5. The Bertz CT molecular complexity index is 768. The van der Waals surface area contributed by atoms with E-state index in [2.05, 4.69) is 4.98 Å². The van der Waals surface area contributed by atoms with E-state index in [1.54, 1.807) is 12.1 Å². The van der Waals surface area contributed by atoms with Gasteiger partial charge in [-0.2, -0.15) is 4.31 Å². The highest BCUT2D eigenvalue weighted by Crippen LogP contribution is 2.19. The number of benzene rings is 1. The molecule has 0 unspecified atom stereocenters. The second-order valence-electron chi connectivity index (χ2n) is 4.51. The largest absolute Gasteiger partial charge is 0.389 e. The summed E-state index contributed by atoms with van der Waals surface area (Å²) in [6, 6.07) is 6.33. The topological polar surface area (TPSA) is 76.3 Å². The lowest BCUT2D eigenvalue weighted by Gasteiger charge is -2.16. The fraction of sp³-hybridized carbons (Fsp3) is 0.231. The van der Waals surface area contributed by atoms with Crippen molar-refractivity contribution in [2.45, 2.75) is 18.4 Å². The summed E-state index contributed by atoms with van der Waals surface area (Å²) in [5.41, 5.74) is 6.80.